The highest BCUT2D eigenvalue weighted by atomic mass is 35.5. The van der Waals surface area contributed by atoms with Crippen molar-refractivity contribution < 1.29 is 19.1 Å². The number of carbonyl (C=O) groups is 2. The van der Waals surface area contributed by atoms with Crippen LogP contribution in [0.25, 0.3) is 0 Å². The molecule has 2 aromatic carbocycles. The molecule has 5 rings (SSSR count). The van der Waals surface area contributed by atoms with Gasteiger partial charge in [-0.3, -0.25) is 14.5 Å². The number of rotatable bonds is 9. The maximum absolute atomic E-state index is 13.8. The fraction of sp³-hybridized carbons (Fsp3) is 0.464. The molecule has 196 valence electrons. The molecule has 2 aliphatic heterocycles. The van der Waals surface area contributed by atoms with Crippen LogP contribution < -0.4 is 4.74 Å². The van der Waals surface area contributed by atoms with E-state index < -0.39 is 0 Å². The largest absolute Gasteiger partial charge is 0.496 e. The quantitative estimate of drug-likeness (QED) is 0.501. The fourth-order valence-electron chi connectivity index (χ4n) is 4.96. The number of amides is 2. The maximum Gasteiger partial charge on any atom is 0.262 e. The number of para-hydroxylation sites is 1. The van der Waals surface area contributed by atoms with Crippen LogP contribution in [-0.2, 0) is 14.3 Å². The average molecular weight is 525 g/mol. The molecule has 0 aromatic heterocycles. The first kappa shape index (κ1) is 25.7. The summed E-state index contributed by atoms with van der Waals surface area (Å²) in [6.07, 6.45) is 2.28. The third-order valence-corrected chi connectivity index (χ3v) is 7.53. The molecule has 0 bridgehead atoms. The van der Waals surface area contributed by atoms with Crippen molar-refractivity contribution >= 4 is 29.1 Å². The highest BCUT2D eigenvalue weighted by Crippen LogP contribution is 2.38. The van der Waals surface area contributed by atoms with Crippen LogP contribution in [0.2, 0.25) is 5.02 Å². The molecule has 0 unspecified atom stereocenters. The van der Waals surface area contributed by atoms with Crippen molar-refractivity contribution in [3.05, 3.63) is 64.7 Å². The summed E-state index contributed by atoms with van der Waals surface area (Å²) in [4.78, 5) is 31.0. The minimum absolute atomic E-state index is 0.00930. The van der Waals surface area contributed by atoms with Gasteiger partial charge in [0.1, 0.15) is 12.3 Å². The normalized spacial score (nSPS) is 20.0. The van der Waals surface area contributed by atoms with Gasteiger partial charge in [-0.2, -0.15) is 5.10 Å². The third-order valence-electron chi connectivity index (χ3n) is 7.20. The number of hydrazone groups is 1. The predicted octanol–water partition coefficient (Wildman–Crippen LogP) is 3.60. The highest BCUT2D eigenvalue weighted by Gasteiger charge is 2.38. The van der Waals surface area contributed by atoms with Crippen molar-refractivity contribution in [1.82, 2.24) is 14.8 Å². The predicted molar refractivity (Wildman–Crippen MR) is 142 cm³/mol. The van der Waals surface area contributed by atoms with E-state index in [0.717, 1.165) is 49.3 Å². The van der Waals surface area contributed by atoms with E-state index in [-0.39, 0.29) is 30.3 Å². The summed E-state index contributed by atoms with van der Waals surface area (Å²) in [7, 11) is 1.62. The van der Waals surface area contributed by atoms with Gasteiger partial charge in [0.2, 0.25) is 5.91 Å². The van der Waals surface area contributed by atoms with Gasteiger partial charge in [0, 0.05) is 54.7 Å². The van der Waals surface area contributed by atoms with Crippen molar-refractivity contribution in [2.24, 2.45) is 11.0 Å². The topological polar surface area (TPSA) is 74.7 Å². The molecule has 8 nitrogen and oxygen atoms in total. The zero-order valence-corrected chi connectivity index (χ0v) is 21.9. The number of halogens is 1. The van der Waals surface area contributed by atoms with Crippen LogP contribution >= 0.6 is 11.6 Å². The van der Waals surface area contributed by atoms with Crippen molar-refractivity contribution in [3.8, 4) is 5.75 Å². The number of nitrogens with zero attached hydrogens (tertiary/aromatic N) is 4. The Kier molecular flexibility index (Phi) is 8.08. The van der Waals surface area contributed by atoms with Crippen molar-refractivity contribution in [2.45, 2.75) is 25.3 Å². The number of hydrogen-bond donors (Lipinski definition) is 0. The minimum atomic E-state index is -0.355. The number of ether oxygens (including phenoxy) is 2. The average Bonchev–Trinajstić information content (AvgIpc) is 3.69. The fourth-order valence-corrected chi connectivity index (χ4v) is 5.21. The standard InChI is InChI=1S/C28H33ClN4O4/c1-36-26-9-5-3-7-22(26)25-18-24(21-6-2-4-8-23(21)29)30-33(25)27(34)19-32(28(35)20-10-11-20)13-12-31-14-16-37-17-15-31/h2-9,20,25H,10-19H2,1H3/t25-/m1/s1. The van der Waals surface area contributed by atoms with Crippen LogP contribution in [0.15, 0.2) is 53.6 Å². The molecule has 9 heteroatoms. The monoisotopic (exact) mass is 524 g/mol. The Morgan fingerprint density at radius 2 is 1.84 bits per heavy atom. The molecule has 0 spiro atoms. The first-order valence-corrected chi connectivity index (χ1v) is 13.3. The van der Waals surface area contributed by atoms with Crippen molar-refractivity contribution in [1.29, 1.82) is 0 Å². The Bertz CT molecular complexity index is 1160. The molecule has 0 radical (unpaired) electrons. The molecule has 2 fully saturated rings. The van der Waals surface area contributed by atoms with Gasteiger partial charge in [0.25, 0.3) is 5.91 Å². The first-order chi connectivity index (χ1) is 18.0. The number of morpholine rings is 1. The smallest absolute Gasteiger partial charge is 0.262 e. The van der Waals surface area contributed by atoms with E-state index >= 15 is 0 Å². The lowest BCUT2D eigenvalue weighted by Crippen LogP contribution is -2.47. The lowest BCUT2D eigenvalue weighted by atomic mass is 9.97. The van der Waals surface area contributed by atoms with Crippen LogP contribution in [0.5, 0.6) is 5.75 Å². The lowest BCUT2D eigenvalue weighted by molar-refractivity contribution is -0.142. The van der Waals surface area contributed by atoms with Crippen LogP contribution in [-0.4, -0.2) is 85.4 Å². The summed E-state index contributed by atoms with van der Waals surface area (Å²) in [5.74, 6) is 0.571. The Hall–Kier alpha value is -2.94. The number of hydrogen-bond acceptors (Lipinski definition) is 6. The summed E-state index contributed by atoms with van der Waals surface area (Å²) in [5, 5.41) is 6.89. The number of benzene rings is 2. The van der Waals surface area contributed by atoms with E-state index in [4.69, 9.17) is 26.2 Å². The SMILES string of the molecule is COc1ccccc1[C@H]1CC(c2ccccc2Cl)=NN1C(=O)CN(CCN1CCOCC1)C(=O)C1CC1. The van der Waals surface area contributed by atoms with E-state index in [9.17, 15) is 9.59 Å². The Labute approximate surface area is 222 Å². The van der Waals surface area contributed by atoms with Gasteiger partial charge in [-0.25, -0.2) is 5.01 Å². The van der Waals surface area contributed by atoms with E-state index in [2.05, 4.69) is 4.90 Å². The maximum atomic E-state index is 13.8. The molecule has 1 saturated carbocycles. The van der Waals surface area contributed by atoms with Crippen LogP contribution in [0.3, 0.4) is 0 Å². The van der Waals surface area contributed by atoms with Gasteiger partial charge < -0.3 is 14.4 Å². The lowest BCUT2D eigenvalue weighted by Gasteiger charge is -2.31. The zero-order valence-electron chi connectivity index (χ0n) is 21.1. The Morgan fingerprint density at radius 1 is 1.11 bits per heavy atom. The first-order valence-electron chi connectivity index (χ1n) is 12.9. The van der Waals surface area contributed by atoms with E-state index in [1.807, 2.05) is 48.5 Å². The van der Waals surface area contributed by atoms with Crippen LogP contribution in [0.4, 0.5) is 0 Å². The molecule has 1 aliphatic carbocycles. The highest BCUT2D eigenvalue weighted by molar-refractivity contribution is 6.34. The molecule has 2 amide bonds. The van der Waals surface area contributed by atoms with Gasteiger partial charge in [-0.1, -0.05) is 48.0 Å². The van der Waals surface area contributed by atoms with E-state index in [0.29, 0.717) is 37.0 Å². The summed E-state index contributed by atoms with van der Waals surface area (Å²) >= 11 is 6.49. The minimum Gasteiger partial charge on any atom is -0.496 e. The van der Waals surface area contributed by atoms with Crippen LogP contribution in [0.1, 0.15) is 36.4 Å². The van der Waals surface area contributed by atoms with E-state index in [1.165, 1.54) is 5.01 Å². The zero-order chi connectivity index (χ0) is 25.8. The van der Waals surface area contributed by atoms with Gasteiger partial charge in [0.15, 0.2) is 0 Å². The Balaban J connectivity index is 1.39. The molecule has 1 atom stereocenters. The molecule has 3 aliphatic rings. The summed E-state index contributed by atoms with van der Waals surface area (Å²) < 4.78 is 11.1. The van der Waals surface area contributed by atoms with Gasteiger partial charge in [0.05, 0.1) is 32.1 Å². The van der Waals surface area contributed by atoms with Gasteiger partial charge >= 0.3 is 0 Å². The number of carbonyl (C=O) groups excluding carboxylic acids is 2. The third kappa shape index (κ3) is 5.98. The second-order valence-electron chi connectivity index (χ2n) is 9.71. The van der Waals surface area contributed by atoms with Crippen molar-refractivity contribution in [2.75, 3.05) is 53.0 Å². The number of methoxy groups -OCH3 is 1. The molecule has 2 heterocycles. The Morgan fingerprint density at radius 3 is 2.57 bits per heavy atom. The second-order valence-corrected chi connectivity index (χ2v) is 10.1. The molecule has 37 heavy (non-hydrogen) atoms. The molecule has 0 N–H and O–H groups in total. The van der Waals surface area contributed by atoms with Crippen molar-refractivity contribution in [3.63, 3.8) is 0 Å². The summed E-state index contributed by atoms with van der Waals surface area (Å²) in [5.41, 5.74) is 2.42. The molecule has 1 saturated heterocycles. The molecular weight excluding hydrogens is 492 g/mol. The van der Waals surface area contributed by atoms with Gasteiger partial charge in [-0.15, -0.1) is 0 Å². The summed E-state index contributed by atoms with van der Waals surface area (Å²) in [6.45, 7) is 4.30. The van der Waals surface area contributed by atoms with Gasteiger partial charge in [-0.05, 0) is 25.0 Å². The van der Waals surface area contributed by atoms with E-state index in [1.54, 1.807) is 12.0 Å². The molecular formula is C28H33ClN4O4. The second kappa shape index (κ2) is 11.6. The van der Waals surface area contributed by atoms with Crippen LogP contribution in [0, 0.1) is 5.92 Å². The summed E-state index contributed by atoms with van der Waals surface area (Å²) in [6, 6.07) is 14.8. The molecule has 2 aromatic rings.